The van der Waals surface area contributed by atoms with Crippen molar-refractivity contribution in [2.24, 2.45) is 0 Å². The quantitative estimate of drug-likeness (QED) is 0.880. The number of aromatic nitrogens is 2. The van der Waals surface area contributed by atoms with Crippen molar-refractivity contribution in [1.29, 1.82) is 0 Å². The Morgan fingerprint density at radius 3 is 2.43 bits per heavy atom. The minimum atomic E-state index is -0.360. The first-order valence-electron chi connectivity index (χ1n) is 6.25. The Balaban J connectivity index is 2.64. The van der Waals surface area contributed by atoms with Crippen molar-refractivity contribution in [3.8, 4) is 28.8 Å². The predicted octanol–water partition coefficient (Wildman–Crippen LogP) is 2.48. The highest BCUT2D eigenvalue weighted by atomic mass is 79.9. The molecular weight excluding hydrogens is 340 g/mol. The number of hydrogen-bond acceptors (Lipinski definition) is 5. The van der Waals surface area contributed by atoms with Gasteiger partial charge >= 0.3 is 0 Å². The zero-order chi connectivity index (χ0) is 15.6. The number of aromatic hydroxyl groups is 1. The van der Waals surface area contributed by atoms with Crippen LogP contribution in [0.25, 0.3) is 11.4 Å². The fraction of sp³-hybridized carbons (Fsp3) is 0.286. The fourth-order valence-corrected chi connectivity index (χ4v) is 2.48. The second-order valence-corrected chi connectivity index (χ2v) is 5.11. The van der Waals surface area contributed by atoms with Crippen molar-refractivity contribution in [1.82, 2.24) is 9.97 Å². The molecule has 0 bridgehead atoms. The van der Waals surface area contributed by atoms with E-state index in [4.69, 9.17) is 9.47 Å². The largest absolute Gasteiger partial charge is 0.493 e. The van der Waals surface area contributed by atoms with Gasteiger partial charge in [0.05, 0.1) is 19.8 Å². The normalized spacial score (nSPS) is 10.5. The monoisotopic (exact) mass is 354 g/mol. The van der Waals surface area contributed by atoms with Crippen LogP contribution in [0.5, 0.6) is 17.4 Å². The molecule has 0 saturated heterocycles. The van der Waals surface area contributed by atoms with E-state index in [1.54, 1.807) is 19.1 Å². The van der Waals surface area contributed by atoms with Crippen LogP contribution >= 0.6 is 15.9 Å². The third kappa shape index (κ3) is 2.87. The van der Waals surface area contributed by atoms with Gasteiger partial charge in [0.25, 0.3) is 5.56 Å². The Labute approximate surface area is 129 Å². The van der Waals surface area contributed by atoms with E-state index in [1.165, 1.54) is 14.2 Å². The van der Waals surface area contributed by atoms with E-state index in [-0.39, 0.29) is 22.8 Å². The average molecular weight is 355 g/mol. The standard InChI is InChI=1S/C14H15BrN2O4/c1-4-7-13(18)16-12(17-14(7)19)8-5-10(20-2)11(21-3)6-9(8)15/h5-6H,4H2,1-3H3,(H2,16,17,18,19). The molecule has 2 rings (SSSR count). The van der Waals surface area contributed by atoms with E-state index >= 15 is 0 Å². The first kappa shape index (κ1) is 15.4. The zero-order valence-electron chi connectivity index (χ0n) is 11.9. The highest BCUT2D eigenvalue weighted by Gasteiger charge is 2.15. The number of rotatable bonds is 4. The molecule has 2 aromatic rings. The number of nitrogens with one attached hydrogen (secondary N) is 1. The van der Waals surface area contributed by atoms with Gasteiger partial charge in [0.15, 0.2) is 11.5 Å². The van der Waals surface area contributed by atoms with Gasteiger partial charge in [-0.05, 0) is 34.5 Å². The number of ether oxygens (including phenoxy) is 2. The van der Waals surface area contributed by atoms with E-state index < -0.39 is 0 Å². The van der Waals surface area contributed by atoms with E-state index in [0.29, 0.717) is 28.0 Å². The molecule has 112 valence electrons. The van der Waals surface area contributed by atoms with Crippen LogP contribution in [0.15, 0.2) is 21.4 Å². The van der Waals surface area contributed by atoms with Gasteiger partial charge in [0.1, 0.15) is 5.82 Å². The third-order valence-electron chi connectivity index (χ3n) is 3.08. The molecule has 1 aromatic heterocycles. The van der Waals surface area contributed by atoms with Crippen LogP contribution in [0.1, 0.15) is 12.5 Å². The Bertz CT molecular complexity index is 728. The highest BCUT2D eigenvalue weighted by Crippen LogP contribution is 2.37. The Kier molecular flexibility index (Phi) is 4.52. The van der Waals surface area contributed by atoms with Crippen molar-refractivity contribution in [2.75, 3.05) is 14.2 Å². The molecule has 1 aromatic carbocycles. The summed E-state index contributed by atoms with van der Waals surface area (Å²) < 4.78 is 11.1. The molecule has 0 aliphatic heterocycles. The van der Waals surface area contributed by atoms with E-state index in [1.807, 2.05) is 0 Å². The molecule has 0 saturated carbocycles. The smallest absolute Gasteiger partial charge is 0.258 e. The van der Waals surface area contributed by atoms with Crippen LogP contribution in [0.4, 0.5) is 0 Å². The van der Waals surface area contributed by atoms with Gasteiger partial charge in [-0.2, -0.15) is 4.98 Å². The topological polar surface area (TPSA) is 84.4 Å². The lowest BCUT2D eigenvalue weighted by molar-refractivity contribution is 0.355. The molecule has 0 aliphatic rings. The van der Waals surface area contributed by atoms with Gasteiger partial charge in [0, 0.05) is 10.0 Å². The van der Waals surface area contributed by atoms with Gasteiger partial charge in [-0.15, -0.1) is 0 Å². The summed E-state index contributed by atoms with van der Waals surface area (Å²) in [5.41, 5.74) is 0.486. The van der Waals surface area contributed by atoms with Crippen LogP contribution in [-0.4, -0.2) is 29.3 Å². The zero-order valence-corrected chi connectivity index (χ0v) is 13.4. The minimum Gasteiger partial charge on any atom is -0.493 e. The lowest BCUT2D eigenvalue weighted by atomic mass is 10.1. The van der Waals surface area contributed by atoms with E-state index in [2.05, 4.69) is 25.9 Å². The molecule has 0 amide bonds. The summed E-state index contributed by atoms with van der Waals surface area (Å²) in [4.78, 5) is 18.6. The van der Waals surface area contributed by atoms with Crippen molar-refractivity contribution in [3.05, 3.63) is 32.5 Å². The number of benzene rings is 1. The third-order valence-corrected chi connectivity index (χ3v) is 3.73. The Morgan fingerprint density at radius 1 is 1.29 bits per heavy atom. The van der Waals surface area contributed by atoms with Gasteiger partial charge in [-0.1, -0.05) is 6.92 Å². The number of halogens is 1. The highest BCUT2D eigenvalue weighted by molar-refractivity contribution is 9.10. The molecule has 0 unspecified atom stereocenters. The van der Waals surface area contributed by atoms with E-state index in [9.17, 15) is 9.90 Å². The van der Waals surface area contributed by atoms with Gasteiger partial charge in [0.2, 0.25) is 5.88 Å². The summed E-state index contributed by atoms with van der Waals surface area (Å²) in [6.07, 6.45) is 0.404. The van der Waals surface area contributed by atoms with Crippen molar-refractivity contribution < 1.29 is 14.6 Å². The lowest BCUT2D eigenvalue weighted by Gasteiger charge is -2.12. The molecule has 0 spiro atoms. The van der Waals surface area contributed by atoms with Crippen LogP contribution in [0.2, 0.25) is 0 Å². The van der Waals surface area contributed by atoms with Gasteiger partial charge in [-0.25, -0.2) is 0 Å². The predicted molar refractivity (Wildman–Crippen MR) is 82.1 cm³/mol. The second kappa shape index (κ2) is 6.17. The Hall–Kier alpha value is -2.02. The maximum absolute atomic E-state index is 11.9. The second-order valence-electron chi connectivity index (χ2n) is 4.26. The van der Waals surface area contributed by atoms with Crippen LogP contribution in [0, 0.1) is 0 Å². The molecule has 2 N–H and O–H groups in total. The summed E-state index contributed by atoms with van der Waals surface area (Å²) in [6.45, 7) is 1.78. The maximum atomic E-state index is 11.9. The summed E-state index contributed by atoms with van der Waals surface area (Å²) >= 11 is 3.39. The SMILES string of the molecule is CCc1c(O)nc(-c2cc(OC)c(OC)cc2Br)[nH]c1=O. The van der Waals surface area contributed by atoms with Gasteiger partial charge < -0.3 is 19.6 Å². The minimum absolute atomic E-state index is 0.252. The maximum Gasteiger partial charge on any atom is 0.258 e. The first-order valence-corrected chi connectivity index (χ1v) is 7.05. The number of H-pyrrole nitrogens is 1. The number of aromatic amines is 1. The summed E-state index contributed by atoms with van der Waals surface area (Å²) in [5, 5.41) is 9.85. The average Bonchev–Trinajstić information content (AvgIpc) is 2.46. The molecule has 6 nitrogen and oxygen atoms in total. The molecular formula is C14H15BrN2O4. The molecule has 21 heavy (non-hydrogen) atoms. The molecule has 0 radical (unpaired) electrons. The first-order chi connectivity index (χ1) is 10.0. The lowest BCUT2D eigenvalue weighted by Crippen LogP contribution is -2.14. The van der Waals surface area contributed by atoms with E-state index in [0.717, 1.165) is 0 Å². The number of hydrogen-bond donors (Lipinski definition) is 2. The van der Waals surface area contributed by atoms with Gasteiger partial charge in [-0.3, -0.25) is 4.79 Å². The van der Waals surface area contributed by atoms with Crippen LogP contribution in [-0.2, 0) is 6.42 Å². The number of nitrogens with zero attached hydrogens (tertiary/aromatic N) is 1. The molecule has 1 heterocycles. The van der Waals surface area contributed by atoms with Crippen molar-refractivity contribution in [2.45, 2.75) is 13.3 Å². The molecule has 0 atom stereocenters. The van der Waals surface area contributed by atoms with Crippen LogP contribution in [0.3, 0.4) is 0 Å². The fourth-order valence-electron chi connectivity index (χ4n) is 1.97. The molecule has 7 heteroatoms. The van der Waals surface area contributed by atoms with Crippen molar-refractivity contribution >= 4 is 15.9 Å². The number of methoxy groups -OCH3 is 2. The molecule has 0 fully saturated rings. The van der Waals surface area contributed by atoms with Crippen LogP contribution < -0.4 is 15.0 Å². The van der Waals surface area contributed by atoms with Crippen molar-refractivity contribution in [3.63, 3.8) is 0 Å². The summed E-state index contributed by atoms with van der Waals surface area (Å²) in [6, 6.07) is 3.38. The summed E-state index contributed by atoms with van der Waals surface area (Å²) in [5.74, 6) is 1.03. The molecule has 0 aliphatic carbocycles. The summed E-state index contributed by atoms with van der Waals surface area (Å²) in [7, 11) is 3.05. The Morgan fingerprint density at radius 2 is 1.90 bits per heavy atom.